The molecule has 4 N–H and O–H groups in total. The Kier molecular flexibility index (Phi) is 3.17. The molecular formula is C9H9N7O. The van der Waals surface area contributed by atoms with Gasteiger partial charge >= 0.3 is 0 Å². The van der Waals surface area contributed by atoms with Crippen LogP contribution < -0.4 is 16.6 Å². The molecular weight excluding hydrogens is 222 g/mol. The van der Waals surface area contributed by atoms with Gasteiger partial charge in [-0.15, -0.1) is 15.3 Å². The molecule has 2 rings (SSSR count). The second-order valence-corrected chi connectivity index (χ2v) is 3.01. The number of anilines is 2. The highest BCUT2D eigenvalue weighted by atomic mass is 16.2. The number of nitrogens with one attached hydrogen (secondary N) is 2. The third kappa shape index (κ3) is 2.69. The monoisotopic (exact) mass is 231 g/mol. The number of hydrogen-bond donors (Lipinski definition) is 3. The number of nitrogen functional groups attached to an aromatic ring is 1. The van der Waals surface area contributed by atoms with Crippen LogP contribution in [0.4, 0.5) is 11.6 Å². The van der Waals surface area contributed by atoms with E-state index in [-0.39, 0.29) is 5.69 Å². The van der Waals surface area contributed by atoms with Crippen molar-refractivity contribution in [1.82, 2.24) is 20.4 Å². The summed E-state index contributed by atoms with van der Waals surface area (Å²) in [6.45, 7) is 0. The average Bonchev–Trinajstić information content (AvgIpc) is 2.40. The Labute approximate surface area is 96.2 Å². The Morgan fingerprint density at radius 1 is 1.12 bits per heavy atom. The molecule has 0 aliphatic heterocycles. The van der Waals surface area contributed by atoms with Crippen LogP contribution in [0.25, 0.3) is 0 Å². The van der Waals surface area contributed by atoms with Crippen molar-refractivity contribution in [3.05, 3.63) is 36.2 Å². The second kappa shape index (κ2) is 4.94. The lowest BCUT2D eigenvalue weighted by Gasteiger charge is -2.02. The van der Waals surface area contributed by atoms with E-state index in [0.717, 1.165) is 0 Å². The molecule has 1 amide bonds. The fraction of sp³-hybridized carbons (Fsp3) is 0. The number of aromatic nitrogens is 4. The molecule has 0 bridgehead atoms. The zero-order valence-electron chi connectivity index (χ0n) is 8.66. The molecule has 2 heterocycles. The van der Waals surface area contributed by atoms with Crippen LogP contribution in [0, 0.1) is 0 Å². The first kappa shape index (κ1) is 10.9. The maximum Gasteiger partial charge on any atom is 0.277 e. The zero-order chi connectivity index (χ0) is 12.1. The topological polar surface area (TPSA) is 119 Å². The van der Waals surface area contributed by atoms with Crippen molar-refractivity contribution in [2.24, 2.45) is 5.84 Å². The van der Waals surface area contributed by atoms with E-state index in [1.807, 2.05) is 0 Å². The molecule has 0 radical (unpaired) electrons. The summed E-state index contributed by atoms with van der Waals surface area (Å²) in [7, 11) is 0. The van der Waals surface area contributed by atoms with Gasteiger partial charge in [-0.25, -0.2) is 5.84 Å². The summed E-state index contributed by atoms with van der Waals surface area (Å²) in [4.78, 5) is 11.7. The highest BCUT2D eigenvalue weighted by molar-refractivity contribution is 6.02. The number of carbonyl (C=O) groups is 1. The predicted octanol–water partition coefficient (Wildman–Crippen LogP) is -0.196. The highest BCUT2D eigenvalue weighted by Gasteiger charge is 2.08. The van der Waals surface area contributed by atoms with Crippen LogP contribution >= 0.6 is 0 Å². The van der Waals surface area contributed by atoms with Gasteiger partial charge in [-0.05, 0) is 24.3 Å². The lowest BCUT2D eigenvalue weighted by atomic mass is 10.3. The number of amides is 1. The number of nitrogens with two attached hydrogens (primary N) is 1. The maximum atomic E-state index is 11.7. The molecule has 2 aromatic rings. The Morgan fingerprint density at radius 2 is 2.00 bits per heavy atom. The zero-order valence-corrected chi connectivity index (χ0v) is 8.66. The van der Waals surface area contributed by atoms with Crippen molar-refractivity contribution in [3.8, 4) is 0 Å². The first-order chi connectivity index (χ1) is 8.29. The van der Waals surface area contributed by atoms with Gasteiger partial charge in [0.2, 0.25) is 0 Å². The largest absolute Gasteiger partial charge is 0.307 e. The standard InChI is InChI=1S/C9H9N7O/c10-13-8-4-3-6(14-16-8)9(17)12-7-2-1-5-11-15-7/h1-5H,10H2,(H,13,16)(H,12,15,17). The normalized spacial score (nSPS) is 9.71. The van der Waals surface area contributed by atoms with Crippen LogP contribution in [0.2, 0.25) is 0 Å². The minimum Gasteiger partial charge on any atom is -0.307 e. The van der Waals surface area contributed by atoms with E-state index in [9.17, 15) is 4.79 Å². The predicted molar refractivity (Wildman–Crippen MR) is 59.8 cm³/mol. The van der Waals surface area contributed by atoms with Crippen molar-refractivity contribution in [2.45, 2.75) is 0 Å². The summed E-state index contributed by atoms with van der Waals surface area (Å²) in [5.74, 6) is 5.44. The lowest BCUT2D eigenvalue weighted by molar-refractivity contribution is 0.102. The van der Waals surface area contributed by atoms with Crippen LogP contribution in [-0.2, 0) is 0 Å². The van der Waals surface area contributed by atoms with E-state index < -0.39 is 5.91 Å². The Balaban J connectivity index is 2.09. The number of hydrazine groups is 1. The summed E-state index contributed by atoms with van der Waals surface area (Å²) < 4.78 is 0. The summed E-state index contributed by atoms with van der Waals surface area (Å²) in [6, 6.07) is 6.32. The van der Waals surface area contributed by atoms with Crippen LogP contribution in [0.1, 0.15) is 10.5 Å². The van der Waals surface area contributed by atoms with E-state index in [4.69, 9.17) is 5.84 Å². The Morgan fingerprint density at radius 3 is 2.59 bits per heavy atom. The molecule has 0 saturated carbocycles. The molecule has 0 unspecified atom stereocenters. The molecule has 0 aliphatic carbocycles. The lowest BCUT2D eigenvalue weighted by Crippen LogP contribution is -2.16. The minimum atomic E-state index is -0.415. The SMILES string of the molecule is NNc1ccc(C(=O)Nc2cccnn2)nn1. The van der Waals surface area contributed by atoms with E-state index >= 15 is 0 Å². The van der Waals surface area contributed by atoms with Gasteiger partial charge in [0.1, 0.15) is 0 Å². The highest BCUT2D eigenvalue weighted by Crippen LogP contribution is 2.04. The molecule has 0 fully saturated rings. The molecule has 0 atom stereocenters. The molecule has 0 spiro atoms. The van der Waals surface area contributed by atoms with Crippen LogP contribution in [-0.4, -0.2) is 26.3 Å². The average molecular weight is 231 g/mol. The summed E-state index contributed by atoms with van der Waals surface area (Å²) in [5.41, 5.74) is 2.48. The number of rotatable bonds is 3. The van der Waals surface area contributed by atoms with Gasteiger partial charge in [0.05, 0.1) is 0 Å². The molecule has 0 saturated heterocycles. The van der Waals surface area contributed by atoms with Crippen molar-refractivity contribution in [1.29, 1.82) is 0 Å². The summed E-state index contributed by atoms with van der Waals surface area (Å²) in [5, 5.41) is 17.2. The fourth-order valence-corrected chi connectivity index (χ4v) is 1.08. The van der Waals surface area contributed by atoms with E-state index in [2.05, 4.69) is 31.1 Å². The van der Waals surface area contributed by atoms with Gasteiger partial charge in [-0.3, -0.25) is 4.79 Å². The van der Waals surface area contributed by atoms with Crippen molar-refractivity contribution in [3.63, 3.8) is 0 Å². The maximum absolute atomic E-state index is 11.7. The van der Waals surface area contributed by atoms with Crippen LogP contribution in [0.3, 0.4) is 0 Å². The quantitative estimate of drug-likeness (QED) is 0.494. The van der Waals surface area contributed by atoms with Gasteiger partial charge in [0.25, 0.3) is 5.91 Å². The molecule has 86 valence electrons. The van der Waals surface area contributed by atoms with Gasteiger partial charge in [-0.2, -0.15) is 5.10 Å². The van der Waals surface area contributed by atoms with Gasteiger partial charge < -0.3 is 10.7 Å². The van der Waals surface area contributed by atoms with Crippen LogP contribution in [0.15, 0.2) is 30.5 Å². The second-order valence-electron chi connectivity index (χ2n) is 3.01. The number of hydrogen-bond acceptors (Lipinski definition) is 7. The fourth-order valence-electron chi connectivity index (χ4n) is 1.08. The minimum absolute atomic E-state index is 0.162. The number of carbonyl (C=O) groups excluding carboxylic acids is 1. The van der Waals surface area contributed by atoms with E-state index in [1.54, 1.807) is 18.2 Å². The van der Waals surface area contributed by atoms with E-state index in [0.29, 0.717) is 11.6 Å². The van der Waals surface area contributed by atoms with Gasteiger partial charge in [-0.1, -0.05) is 0 Å². The molecule has 0 aliphatic rings. The van der Waals surface area contributed by atoms with Crippen molar-refractivity contribution >= 4 is 17.5 Å². The molecule has 8 heteroatoms. The first-order valence-electron chi connectivity index (χ1n) is 4.69. The summed E-state index contributed by atoms with van der Waals surface area (Å²) >= 11 is 0. The van der Waals surface area contributed by atoms with Gasteiger partial charge in [0.15, 0.2) is 17.3 Å². The Bertz CT molecular complexity index is 499. The van der Waals surface area contributed by atoms with Gasteiger partial charge in [0, 0.05) is 6.20 Å². The molecule has 2 aromatic heterocycles. The smallest absolute Gasteiger partial charge is 0.277 e. The first-order valence-corrected chi connectivity index (χ1v) is 4.69. The van der Waals surface area contributed by atoms with Crippen molar-refractivity contribution in [2.75, 3.05) is 10.7 Å². The Hall–Kier alpha value is -2.61. The molecule has 0 aromatic carbocycles. The van der Waals surface area contributed by atoms with E-state index in [1.165, 1.54) is 12.3 Å². The van der Waals surface area contributed by atoms with Crippen LogP contribution in [0.5, 0.6) is 0 Å². The molecule has 8 nitrogen and oxygen atoms in total. The third-order valence-electron chi connectivity index (χ3n) is 1.86. The van der Waals surface area contributed by atoms with Crippen molar-refractivity contribution < 1.29 is 4.79 Å². The molecule has 17 heavy (non-hydrogen) atoms. The summed E-state index contributed by atoms with van der Waals surface area (Å²) in [6.07, 6.45) is 1.51. The third-order valence-corrected chi connectivity index (χ3v) is 1.86. The number of nitrogens with zero attached hydrogens (tertiary/aromatic N) is 4.